The summed E-state index contributed by atoms with van der Waals surface area (Å²) in [5.41, 5.74) is 1.23. The van der Waals surface area contributed by atoms with Gasteiger partial charge in [-0.3, -0.25) is 9.59 Å². The van der Waals surface area contributed by atoms with E-state index in [0.717, 1.165) is 4.31 Å². The molecule has 1 amide bonds. The molecule has 7 nitrogen and oxygen atoms in total. The first-order valence-corrected chi connectivity index (χ1v) is 11.8. The molecule has 0 saturated carbocycles. The number of nitrogens with zero attached hydrogens (tertiary/aromatic N) is 1. The minimum absolute atomic E-state index is 0.0195. The number of hydrogen-bond acceptors (Lipinski definition) is 5. The fourth-order valence-electron chi connectivity index (χ4n) is 3.50. The van der Waals surface area contributed by atoms with E-state index in [-0.39, 0.29) is 34.9 Å². The summed E-state index contributed by atoms with van der Waals surface area (Å²) in [6, 6.07) is 17.9. The molecule has 4 aromatic rings. The Morgan fingerprint density at radius 1 is 0.971 bits per heavy atom. The van der Waals surface area contributed by atoms with E-state index in [2.05, 4.69) is 5.32 Å². The van der Waals surface area contributed by atoms with Crippen LogP contribution in [0.25, 0.3) is 11.0 Å². The number of carbonyl (C=O) groups excluding carboxylic acids is 1. The van der Waals surface area contributed by atoms with E-state index in [0.29, 0.717) is 22.2 Å². The Balaban J connectivity index is 1.73. The second-order valence-corrected chi connectivity index (χ2v) is 9.63. The molecule has 3 aromatic carbocycles. The zero-order chi connectivity index (χ0) is 24.3. The third-order valence-corrected chi connectivity index (χ3v) is 6.99. The van der Waals surface area contributed by atoms with Crippen molar-refractivity contribution < 1.29 is 22.0 Å². The number of fused-ring (bicyclic) bond motifs is 1. The topological polar surface area (TPSA) is 96.7 Å². The van der Waals surface area contributed by atoms with Crippen LogP contribution >= 0.6 is 0 Å². The van der Waals surface area contributed by atoms with E-state index in [9.17, 15) is 22.4 Å². The maximum atomic E-state index is 13.5. The molecular weight excluding hydrogens is 459 g/mol. The lowest BCUT2D eigenvalue weighted by Gasteiger charge is -2.22. The van der Waals surface area contributed by atoms with Gasteiger partial charge < -0.3 is 9.73 Å². The van der Waals surface area contributed by atoms with Crippen LogP contribution in [0.15, 0.2) is 93.2 Å². The lowest BCUT2D eigenvalue weighted by atomic mass is 10.1. The maximum absolute atomic E-state index is 13.5. The summed E-state index contributed by atoms with van der Waals surface area (Å²) < 4.78 is 47.2. The summed E-state index contributed by atoms with van der Waals surface area (Å²) >= 11 is 0. The second kappa shape index (κ2) is 9.58. The Bertz CT molecular complexity index is 1500. The summed E-state index contributed by atoms with van der Waals surface area (Å²) in [6.07, 6.45) is 1.26. The minimum atomic E-state index is -4.08. The van der Waals surface area contributed by atoms with E-state index in [4.69, 9.17) is 4.42 Å². The molecule has 34 heavy (non-hydrogen) atoms. The van der Waals surface area contributed by atoms with Gasteiger partial charge in [0.25, 0.3) is 0 Å². The molecule has 1 N–H and O–H groups in total. The number of halogens is 1. The molecule has 0 radical (unpaired) electrons. The fourth-order valence-corrected chi connectivity index (χ4v) is 4.91. The van der Waals surface area contributed by atoms with Crippen molar-refractivity contribution in [3.05, 3.63) is 106 Å². The molecule has 4 rings (SSSR count). The molecule has 0 aliphatic rings. The molecule has 0 aliphatic carbocycles. The number of carbonyl (C=O) groups is 1. The normalized spacial score (nSPS) is 11.6. The average molecular weight is 481 g/mol. The van der Waals surface area contributed by atoms with Gasteiger partial charge in [-0.25, -0.2) is 12.8 Å². The van der Waals surface area contributed by atoms with E-state index in [1.165, 1.54) is 61.7 Å². The quantitative estimate of drug-likeness (QED) is 0.426. The van der Waals surface area contributed by atoms with Crippen LogP contribution in [-0.4, -0.2) is 18.6 Å². The molecular formula is C25H21FN2O5S. The first kappa shape index (κ1) is 23.3. The van der Waals surface area contributed by atoms with Crippen LogP contribution in [0, 0.1) is 5.82 Å². The van der Waals surface area contributed by atoms with E-state index in [1.54, 1.807) is 24.3 Å². The van der Waals surface area contributed by atoms with Crippen molar-refractivity contribution in [2.75, 3.05) is 5.32 Å². The number of nitrogens with one attached hydrogen (secondary N) is 1. The number of amides is 1. The predicted octanol–water partition coefficient (Wildman–Crippen LogP) is 4.28. The molecule has 1 heterocycles. The SMILES string of the molecule is CC(=O)Nc1ccc(S(=O)(=O)N(Cc2ccc(F)cc2)Cc2coc3ccccc3c2=O)cc1. The molecule has 9 heteroatoms. The Morgan fingerprint density at radius 2 is 1.65 bits per heavy atom. The minimum Gasteiger partial charge on any atom is -0.464 e. The Morgan fingerprint density at radius 3 is 2.32 bits per heavy atom. The zero-order valence-corrected chi connectivity index (χ0v) is 19.0. The van der Waals surface area contributed by atoms with Gasteiger partial charge in [-0.15, -0.1) is 0 Å². The van der Waals surface area contributed by atoms with Gasteiger partial charge in [0, 0.05) is 25.7 Å². The molecule has 1 aromatic heterocycles. The van der Waals surface area contributed by atoms with Gasteiger partial charge >= 0.3 is 0 Å². The Kier molecular flexibility index (Phi) is 6.58. The maximum Gasteiger partial charge on any atom is 0.243 e. The van der Waals surface area contributed by atoms with Gasteiger partial charge in [0.1, 0.15) is 11.4 Å². The highest BCUT2D eigenvalue weighted by atomic mass is 32.2. The number of rotatable bonds is 7. The number of sulfonamides is 1. The zero-order valence-electron chi connectivity index (χ0n) is 18.2. The van der Waals surface area contributed by atoms with Crippen LogP contribution in [0.5, 0.6) is 0 Å². The van der Waals surface area contributed by atoms with Crippen LogP contribution in [0.1, 0.15) is 18.1 Å². The molecule has 174 valence electrons. The standard InChI is InChI=1S/C25H21FN2O5S/c1-17(29)27-21-10-12-22(13-11-21)34(31,32)28(14-18-6-8-20(26)9-7-18)15-19-16-33-24-5-3-2-4-23(24)25(19)30/h2-13,16H,14-15H2,1H3,(H,27,29). The van der Waals surface area contributed by atoms with Gasteiger partial charge in [-0.1, -0.05) is 24.3 Å². The highest BCUT2D eigenvalue weighted by Crippen LogP contribution is 2.23. The van der Waals surface area contributed by atoms with Crippen LogP contribution in [0.2, 0.25) is 0 Å². The largest absolute Gasteiger partial charge is 0.464 e. The number of anilines is 1. The van der Waals surface area contributed by atoms with Crippen molar-refractivity contribution in [1.29, 1.82) is 0 Å². The van der Waals surface area contributed by atoms with Crippen LogP contribution in [0.3, 0.4) is 0 Å². The van der Waals surface area contributed by atoms with Crippen molar-refractivity contribution in [1.82, 2.24) is 4.31 Å². The highest BCUT2D eigenvalue weighted by molar-refractivity contribution is 7.89. The third kappa shape index (κ3) is 5.05. The van der Waals surface area contributed by atoms with Crippen LogP contribution in [-0.2, 0) is 27.9 Å². The summed E-state index contributed by atoms with van der Waals surface area (Å²) in [6.45, 7) is 1.01. The smallest absolute Gasteiger partial charge is 0.243 e. The van der Waals surface area contributed by atoms with Gasteiger partial charge in [0.15, 0.2) is 5.43 Å². The van der Waals surface area contributed by atoms with Crippen molar-refractivity contribution >= 4 is 32.6 Å². The first-order valence-electron chi connectivity index (χ1n) is 10.4. The molecule has 0 bridgehead atoms. The summed E-state index contributed by atoms with van der Waals surface area (Å²) in [5, 5.41) is 2.93. The number of para-hydroxylation sites is 1. The van der Waals surface area contributed by atoms with Gasteiger partial charge in [-0.2, -0.15) is 4.31 Å². The molecule has 0 atom stereocenters. The van der Waals surface area contributed by atoms with Crippen molar-refractivity contribution in [2.24, 2.45) is 0 Å². The average Bonchev–Trinajstić information content (AvgIpc) is 2.81. The Hall–Kier alpha value is -3.82. The number of benzene rings is 3. The summed E-state index contributed by atoms with van der Waals surface area (Å²) in [7, 11) is -4.08. The van der Waals surface area contributed by atoms with Crippen molar-refractivity contribution in [2.45, 2.75) is 24.9 Å². The first-order chi connectivity index (χ1) is 16.2. The van der Waals surface area contributed by atoms with Crippen molar-refractivity contribution in [3.63, 3.8) is 0 Å². The van der Waals surface area contributed by atoms with Gasteiger partial charge in [0.05, 0.1) is 22.1 Å². The molecule has 0 spiro atoms. The Labute approximate surface area is 195 Å². The molecule has 0 fully saturated rings. The van der Waals surface area contributed by atoms with E-state index in [1.807, 2.05) is 0 Å². The second-order valence-electron chi connectivity index (χ2n) is 7.69. The van der Waals surface area contributed by atoms with Gasteiger partial charge in [0.2, 0.25) is 15.9 Å². The lowest BCUT2D eigenvalue weighted by Crippen LogP contribution is -2.32. The molecule has 0 unspecified atom stereocenters. The highest BCUT2D eigenvalue weighted by Gasteiger charge is 2.26. The van der Waals surface area contributed by atoms with E-state index >= 15 is 0 Å². The summed E-state index contributed by atoms with van der Waals surface area (Å²) in [5.74, 6) is -0.724. The van der Waals surface area contributed by atoms with Gasteiger partial charge in [-0.05, 0) is 54.1 Å². The third-order valence-electron chi connectivity index (χ3n) is 5.18. The molecule has 0 saturated heterocycles. The predicted molar refractivity (Wildman–Crippen MR) is 126 cm³/mol. The fraction of sp³-hybridized carbons (Fsp3) is 0.120. The lowest BCUT2D eigenvalue weighted by molar-refractivity contribution is -0.114. The van der Waals surface area contributed by atoms with Crippen molar-refractivity contribution in [3.8, 4) is 0 Å². The van der Waals surface area contributed by atoms with Crippen LogP contribution < -0.4 is 10.7 Å². The monoisotopic (exact) mass is 480 g/mol. The number of hydrogen-bond donors (Lipinski definition) is 1. The summed E-state index contributed by atoms with van der Waals surface area (Å²) in [4.78, 5) is 24.2. The van der Waals surface area contributed by atoms with Crippen LogP contribution in [0.4, 0.5) is 10.1 Å². The molecule has 0 aliphatic heterocycles. The van der Waals surface area contributed by atoms with E-state index < -0.39 is 15.8 Å².